The number of hydrogen-bond acceptors (Lipinski definition) is 5. The third-order valence-corrected chi connectivity index (χ3v) is 5.91. The smallest absolute Gasteiger partial charge is 0.252 e. The van der Waals surface area contributed by atoms with E-state index in [0.717, 1.165) is 29.7 Å². The van der Waals surface area contributed by atoms with Crippen LogP contribution in [-0.4, -0.2) is 35.3 Å². The molecule has 0 fully saturated rings. The summed E-state index contributed by atoms with van der Waals surface area (Å²) in [6.45, 7) is 6.58. The lowest BCUT2D eigenvalue weighted by Gasteiger charge is -2.36. The Morgan fingerprint density at radius 1 is 1.19 bits per heavy atom. The minimum absolute atomic E-state index is 0.0430. The van der Waals surface area contributed by atoms with Gasteiger partial charge >= 0.3 is 0 Å². The Kier molecular flexibility index (Phi) is 4.57. The molecule has 8 heteroatoms. The number of nitrogens with one attached hydrogen (secondary N) is 1. The van der Waals surface area contributed by atoms with E-state index in [2.05, 4.69) is 53.3 Å². The quantitative estimate of drug-likeness (QED) is 0.553. The molecule has 3 aromatic heterocycles. The van der Waals surface area contributed by atoms with Crippen LogP contribution in [0.4, 0.5) is 0 Å². The molecule has 1 aliphatic carbocycles. The van der Waals surface area contributed by atoms with Crippen molar-refractivity contribution in [2.75, 3.05) is 0 Å². The molecule has 0 saturated heterocycles. The first-order chi connectivity index (χ1) is 14.9. The molecule has 3 heterocycles. The van der Waals surface area contributed by atoms with Gasteiger partial charge in [-0.1, -0.05) is 32.0 Å². The number of aromatic nitrogens is 6. The average molecular weight is 416 g/mol. The standard InChI is InChI=1S/C23H25N7O/c1-15-6-4-5-7-19(15)30-20-10-23(2,3)9-18(17(20)12-26-30)28-21(31)8-16-11-24-22-25-14-27-29(22)13-16/h4-7,11-14,18H,8-10H2,1-3H3,(H,28,31)/t18-/m0/s1. The summed E-state index contributed by atoms with van der Waals surface area (Å²) in [6, 6.07) is 8.17. The average Bonchev–Trinajstić information content (AvgIpc) is 3.34. The Labute approximate surface area is 180 Å². The molecule has 1 atom stereocenters. The Hall–Kier alpha value is -3.55. The van der Waals surface area contributed by atoms with E-state index < -0.39 is 0 Å². The molecule has 1 amide bonds. The Morgan fingerprint density at radius 3 is 2.87 bits per heavy atom. The van der Waals surface area contributed by atoms with Gasteiger partial charge in [-0.2, -0.15) is 15.2 Å². The van der Waals surface area contributed by atoms with E-state index in [-0.39, 0.29) is 23.8 Å². The maximum absolute atomic E-state index is 12.9. The summed E-state index contributed by atoms with van der Waals surface area (Å²) in [5.41, 5.74) is 5.36. The van der Waals surface area contributed by atoms with Crippen LogP contribution in [-0.2, 0) is 17.6 Å². The summed E-state index contributed by atoms with van der Waals surface area (Å²) in [4.78, 5) is 21.2. The fourth-order valence-corrected chi connectivity index (χ4v) is 4.46. The first-order valence-corrected chi connectivity index (χ1v) is 10.5. The zero-order valence-electron chi connectivity index (χ0n) is 17.9. The number of rotatable bonds is 4. The van der Waals surface area contributed by atoms with E-state index >= 15 is 0 Å². The van der Waals surface area contributed by atoms with Crippen LogP contribution in [0.25, 0.3) is 11.5 Å². The summed E-state index contributed by atoms with van der Waals surface area (Å²) in [5, 5.41) is 12.0. The van der Waals surface area contributed by atoms with Crippen LogP contribution in [0.5, 0.6) is 0 Å². The zero-order chi connectivity index (χ0) is 21.6. The predicted molar refractivity (Wildman–Crippen MR) is 116 cm³/mol. The third-order valence-electron chi connectivity index (χ3n) is 5.91. The number of aryl methyl sites for hydroxylation is 1. The monoisotopic (exact) mass is 415 g/mol. The van der Waals surface area contributed by atoms with Crippen molar-refractivity contribution in [1.29, 1.82) is 0 Å². The molecule has 1 N–H and O–H groups in total. The van der Waals surface area contributed by atoms with E-state index in [1.54, 1.807) is 16.9 Å². The Bertz CT molecular complexity index is 1270. The van der Waals surface area contributed by atoms with Gasteiger partial charge in [-0.25, -0.2) is 14.2 Å². The summed E-state index contributed by atoms with van der Waals surface area (Å²) in [7, 11) is 0. The summed E-state index contributed by atoms with van der Waals surface area (Å²) in [6.07, 6.45) is 8.84. The summed E-state index contributed by atoms with van der Waals surface area (Å²) in [5.74, 6) is 0.477. The van der Waals surface area contributed by atoms with Crippen molar-refractivity contribution in [2.45, 2.75) is 46.1 Å². The van der Waals surface area contributed by atoms with Crippen LogP contribution in [0.2, 0.25) is 0 Å². The molecule has 0 saturated carbocycles. The van der Waals surface area contributed by atoms with Crippen LogP contribution in [0.3, 0.4) is 0 Å². The lowest BCUT2D eigenvalue weighted by molar-refractivity contribution is -0.121. The number of nitrogens with zero attached hydrogens (tertiary/aromatic N) is 6. The molecular formula is C23H25N7O. The molecule has 0 bridgehead atoms. The molecule has 31 heavy (non-hydrogen) atoms. The van der Waals surface area contributed by atoms with Gasteiger partial charge in [0.2, 0.25) is 5.91 Å². The molecule has 0 spiro atoms. The SMILES string of the molecule is Cc1ccccc1-n1ncc2c1CC(C)(C)C[C@@H]2NC(=O)Cc1cnc2ncnn2c1. The number of amides is 1. The van der Waals surface area contributed by atoms with Crippen molar-refractivity contribution >= 4 is 11.7 Å². The van der Waals surface area contributed by atoms with Crippen molar-refractivity contribution in [3.05, 3.63) is 71.6 Å². The first kappa shape index (κ1) is 19.4. The number of carbonyl (C=O) groups is 1. The van der Waals surface area contributed by atoms with Crippen molar-refractivity contribution in [3.63, 3.8) is 0 Å². The minimum Gasteiger partial charge on any atom is -0.349 e. The Morgan fingerprint density at radius 2 is 2.03 bits per heavy atom. The number of benzene rings is 1. The van der Waals surface area contributed by atoms with Crippen LogP contribution in [0.15, 0.2) is 49.2 Å². The molecule has 0 radical (unpaired) electrons. The van der Waals surface area contributed by atoms with Crippen molar-refractivity contribution in [2.24, 2.45) is 5.41 Å². The van der Waals surface area contributed by atoms with Gasteiger partial charge in [0, 0.05) is 18.0 Å². The minimum atomic E-state index is -0.0768. The van der Waals surface area contributed by atoms with Gasteiger partial charge in [0.05, 0.1) is 30.0 Å². The second-order valence-electron chi connectivity index (χ2n) is 9.05. The van der Waals surface area contributed by atoms with E-state index in [9.17, 15) is 4.79 Å². The lowest BCUT2D eigenvalue weighted by atomic mass is 9.74. The second kappa shape index (κ2) is 7.30. The highest BCUT2D eigenvalue weighted by atomic mass is 16.1. The molecule has 8 nitrogen and oxygen atoms in total. The topological polar surface area (TPSA) is 90.0 Å². The van der Waals surface area contributed by atoms with Gasteiger partial charge in [0.25, 0.3) is 5.78 Å². The van der Waals surface area contributed by atoms with Crippen LogP contribution >= 0.6 is 0 Å². The van der Waals surface area contributed by atoms with E-state index in [1.807, 2.05) is 23.0 Å². The molecule has 158 valence electrons. The van der Waals surface area contributed by atoms with E-state index in [0.29, 0.717) is 5.78 Å². The van der Waals surface area contributed by atoms with Crippen LogP contribution < -0.4 is 5.32 Å². The molecule has 5 rings (SSSR count). The normalized spacial score (nSPS) is 17.5. The highest BCUT2D eigenvalue weighted by Gasteiger charge is 2.36. The van der Waals surface area contributed by atoms with Crippen molar-refractivity contribution in [3.8, 4) is 5.69 Å². The number of fused-ring (bicyclic) bond motifs is 2. The number of para-hydroxylation sites is 1. The van der Waals surface area contributed by atoms with Crippen molar-refractivity contribution in [1.82, 2.24) is 34.7 Å². The third kappa shape index (κ3) is 3.69. The predicted octanol–water partition coefficient (Wildman–Crippen LogP) is 2.99. The number of hydrogen-bond donors (Lipinski definition) is 1. The van der Waals surface area contributed by atoms with E-state index in [1.165, 1.54) is 17.6 Å². The van der Waals surface area contributed by atoms with Crippen molar-refractivity contribution < 1.29 is 4.79 Å². The fourth-order valence-electron chi connectivity index (χ4n) is 4.46. The van der Waals surface area contributed by atoms with Gasteiger partial charge < -0.3 is 5.32 Å². The molecule has 1 aliphatic rings. The zero-order valence-corrected chi connectivity index (χ0v) is 17.9. The molecule has 0 aliphatic heterocycles. The fraction of sp³-hybridized carbons (Fsp3) is 0.348. The highest BCUT2D eigenvalue weighted by Crippen LogP contribution is 2.41. The van der Waals surface area contributed by atoms with Gasteiger partial charge in [0.1, 0.15) is 6.33 Å². The van der Waals surface area contributed by atoms with E-state index in [4.69, 9.17) is 5.10 Å². The largest absolute Gasteiger partial charge is 0.349 e. The van der Waals surface area contributed by atoms with Gasteiger partial charge in [-0.3, -0.25) is 4.79 Å². The highest BCUT2D eigenvalue weighted by molar-refractivity contribution is 5.79. The summed E-state index contributed by atoms with van der Waals surface area (Å²) < 4.78 is 3.62. The second-order valence-corrected chi connectivity index (χ2v) is 9.05. The lowest BCUT2D eigenvalue weighted by Crippen LogP contribution is -2.37. The first-order valence-electron chi connectivity index (χ1n) is 10.5. The maximum Gasteiger partial charge on any atom is 0.252 e. The van der Waals surface area contributed by atoms with Gasteiger partial charge in [-0.15, -0.1) is 0 Å². The molecule has 0 unspecified atom stereocenters. The van der Waals surface area contributed by atoms with Crippen LogP contribution in [0, 0.1) is 12.3 Å². The summed E-state index contributed by atoms with van der Waals surface area (Å²) >= 11 is 0. The van der Waals surface area contributed by atoms with Gasteiger partial charge in [0.15, 0.2) is 0 Å². The maximum atomic E-state index is 12.9. The molecule has 4 aromatic rings. The number of carbonyl (C=O) groups excluding carboxylic acids is 1. The molecular weight excluding hydrogens is 390 g/mol. The van der Waals surface area contributed by atoms with Gasteiger partial charge in [-0.05, 0) is 42.4 Å². The molecule has 1 aromatic carbocycles. The Balaban J connectivity index is 1.41. The van der Waals surface area contributed by atoms with Crippen LogP contribution in [0.1, 0.15) is 48.7 Å².